The van der Waals surface area contributed by atoms with Gasteiger partial charge in [0.05, 0.1) is 0 Å². The van der Waals surface area contributed by atoms with Gasteiger partial charge in [-0.25, -0.2) is 9.97 Å². The second-order valence-corrected chi connectivity index (χ2v) is 5.24. The summed E-state index contributed by atoms with van der Waals surface area (Å²) >= 11 is 0. The van der Waals surface area contributed by atoms with Gasteiger partial charge in [-0.15, -0.1) is 0 Å². The molecule has 1 N–H and O–H groups in total. The van der Waals surface area contributed by atoms with E-state index in [1.807, 2.05) is 43.3 Å². The minimum atomic E-state index is 0.178. The molecule has 1 aromatic carbocycles. The lowest BCUT2D eigenvalue weighted by atomic mass is 10.1. The molecule has 0 saturated heterocycles. The number of anilines is 1. The Balaban J connectivity index is 1.87. The highest BCUT2D eigenvalue weighted by molar-refractivity contribution is 5.56. The molecule has 0 unspecified atom stereocenters. The molecular formula is C18H18N4. The second-order valence-electron chi connectivity index (χ2n) is 5.24. The van der Waals surface area contributed by atoms with E-state index in [9.17, 15) is 0 Å². The van der Waals surface area contributed by atoms with Crippen molar-refractivity contribution in [2.75, 3.05) is 5.32 Å². The molecule has 0 fully saturated rings. The van der Waals surface area contributed by atoms with Crippen molar-refractivity contribution in [1.82, 2.24) is 15.0 Å². The van der Waals surface area contributed by atoms with E-state index in [1.54, 1.807) is 12.4 Å². The topological polar surface area (TPSA) is 50.7 Å². The van der Waals surface area contributed by atoms with Crippen LogP contribution in [-0.4, -0.2) is 15.0 Å². The zero-order valence-electron chi connectivity index (χ0n) is 12.7. The van der Waals surface area contributed by atoms with E-state index in [0.29, 0.717) is 5.82 Å². The summed E-state index contributed by atoms with van der Waals surface area (Å²) in [6, 6.07) is 16.3. The van der Waals surface area contributed by atoms with Crippen LogP contribution >= 0.6 is 0 Å². The van der Waals surface area contributed by atoms with Crippen LogP contribution in [-0.2, 0) is 0 Å². The van der Waals surface area contributed by atoms with Crippen LogP contribution in [0.3, 0.4) is 0 Å². The molecule has 3 aromatic rings. The smallest absolute Gasteiger partial charge is 0.163 e. The van der Waals surface area contributed by atoms with Crippen LogP contribution in [0, 0.1) is 6.92 Å². The number of benzene rings is 1. The standard InChI is InChI=1S/C18H18N4/c1-13-11-17(21-14(2)15-7-4-3-5-8-15)22-18(20-13)16-9-6-10-19-12-16/h3-12,14H,1-2H3,(H,20,21,22)/t14-/m0/s1. The van der Waals surface area contributed by atoms with Gasteiger partial charge in [0.2, 0.25) is 0 Å². The lowest BCUT2D eigenvalue weighted by molar-refractivity contribution is 0.871. The Morgan fingerprint density at radius 3 is 2.55 bits per heavy atom. The van der Waals surface area contributed by atoms with Crippen molar-refractivity contribution in [2.24, 2.45) is 0 Å². The first-order chi connectivity index (χ1) is 10.7. The Bertz CT molecular complexity index is 742. The van der Waals surface area contributed by atoms with E-state index in [-0.39, 0.29) is 6.04 Å². The molecule has 1 atom stereocenters. The summed E-state index contributed by atoms with van der Waals surface area (Å²) < 4.78 is 0. The number of nitrogens with one attached hydrogen (secondary N) is 1. The van der Waals surface area contributed by atoms with Crippen molar-refractivity contribution >= 4 is 5.82 Å². The highest BCUT2D eigenvalue weighted by atomic mass is 15.0. The molecule has 3 rings (SSSR count). The number of nitrogens with zero attached hydrogens (tertiary/aromatic N) is 3. The van der Waals surface area contributed by atoms with E-state index in [1.165, 1.54) is 5.56 Å². The molecule has 0 radical (unpaired) electrons. The van der Waals surface area contributed by atoms with Gasteiger partial charge in [0, 0.05) is 35.8 Å². The molecule has 0 aliphatic carbocycles. The summed E-state index contributed by atoms with van der Waals surface area (Å²) in [6.45, 7) is 4.09. The Morgan fingerprint density at radius 2 is 1.82 bits per heavy atom. The van der Waals surface area contributed by atoms with E-state index in [0.717, 1.165) is 17.1 Å². The van der Waals surface area contributed by atoms with Gasteiger partial charge in [0.1, 0.15) is 5.82 Å². The maximum Gasteiger partial charge on any atom is 0.163 e. The highest BCUT2D eigenvalue weighted by Gasteiger charge is 2.09. The van der Waals surface area contributed by atoms with Crippen LogP contribution in [0.5, 0.6) is 0 Å². The van der Waals surface area contributed by atoms with Crippen LogP contribution in [0.4, 0.5) is 5.82 Å². The molecule has 110 valence electrons. The average Bonchev–Trinajstić information content (AvgIpc) is 2.56. The Labute approximate surface area is 130 Å². The second kappa shape index (κ2) is 6.35. The maximum atomic E-state index is 4.61. The van der Waals surface area contributed by atoms with Crippen LogP contribution in [0.1, 0.15) is 24.2 Å². The van der Waals surface area contributed by atoms with Crippen molar-refractivity contribution in [2.45, 2.75) is 19.9 Å². The molecule has 22 heavy (non-hydrogen) atoms. The SMILES string of the molecule is Cc1cc(N[C@@H](C)c2ccccc2)nc(-c2cccnc2)n1. The van der Waals surface area contributed by atoms with Crippen LogP contribution in [0.2, 0.25) is 0 Å². The zero-order chi connectivity index (χ0) is 15.4. The normalized spacial score (nSPS) is 11.9. The molecule has 4 heteroatoms. The quantitative estimate of drug-likeness (QED) is 0.788. The van der Waals surface area contributed by atoms with E-state index in [2.05, 4.69) is 39.3 Å². The van der Waals surface area contributed by atoms with Crippen LogP contribution < -0.4 is 5.32 Å². The molecule has 0 spiro atoms. The number of rotatable bonds is 4. The summed E-state index contributed by atoms with van der Waals surface area (Å²) in [5.41, 5.74) is 3.07. The fourth-order valence-corrected chi connectivity index (χ4v) is 2.31. The Kier molecular flexibility index (Phi) is 4.10. The van der Waals surface area contributed by atoms with Gasteiger partial charge in [0.15, 0.2) is 5.82 Å². The predicted octanol–water partition coefficient (Wildman–Crippen LogP) is 4.02. The monoisotopic (exact) mass is 290 g/mol. The minimum absolute atomic E-state index is 0.178. The van der Waals surface area contributed by atoms with Gasteiger partial charge in [-0.1, -0.05) is 30.3 Å². The number of hydrogen-bond acceptors (Lipinski definition) is 4. The number of aromatic nitrogens is 3. The molecule has 0 amide bonds. The van der Waals surface area contributed by atoms with Crippen molar-refractivity contribution < 1.29 is 0 Å². The third-order valence-corrected chi connectivity index (χ3v) is 3.44. The van der Waals surface area contributed by atoms with Crippen molar-refractivity contribution in [1.29, 1.82) is 0 Å². The van der Waals surface area contributed by atoms with Crippen LogP contribution in [0.15, 0.2) is 60.9 Å². The third-order valence-electron chi connectivity index (χ3n) is 3.44. The Hall–Kier alpha value is -2.75. The summed E-state index contributed by atoms with van der Waals surface area (Å²) in [5.74, 6) is 1.51. The van der Waals surface area contributed by atoms with Gasteiger partial charge < -0.3 is 5.32 Å². The highest BCUT2D eigenvalue weighted by Crippen LogP contribution is 2.21. The van der Waals surface area contributed by atoms with Gasteiger partial charge in [-0.2, -0.15) is 0 Å². The molecule has 0 aliphatic rings. The number of aryl methyl sites for hydroxylation is 1. The zero-order valence-corrected chi connectivity index (χ0v) is 12.7. The summed E-state index contributed by atoms with van der Waals surface area (Å²) in [7, 11) is 0. The summed E-state index contributed by atoms with van der Waals surface area (Å²) in [4.78, 5) is 13.2. The van der Waals surface area contributed by atoms with Gasteiger partial charge >= 0.3 is 0 Å². The molecule has 4 nitrogen and oxygen atoms in total. The summed E-state index contributed by atoms with van der Waals surface area (Å²) in [6.07, 6.45) is 3.52. The molecule has 0 bridgehead atoms. The van der Waals surface area contributed by atoms with Gasteiger partial charge in [-0.05, 0) is 31.5 Å². The fraction of sp³-hybridized carbons (Fsp3) is 0.167. The Morgan fingerprint density at radius 1 is 1.00 bits per heavy atom. The first-order valence-electron chi connectivity index (χ1n) is 7.30. The number of hydrogen-bond donors (Lipinski definition) is 1. The molecular weight excluding hydrogens is 272 g/mol. The minimum Gasteiger partial charge on any atom is -0.363 e. The van der Waals surface area contributed by atoms with Gasteiger partial charge in [-0.3, -0.25) is 4.98 Å². The summed E-state index contributed by atoms with van der Waals surface area (Å²) in [5, 5.41) is 3.44. The van der Waals surface area contributed by atoms with Crippen LogP contribution in [0.25, 0.3) is 11.4 Å². The van der Waals surface area contributed by atoms with Crippen molar-refractivity contribution in [3.63, 3.8) is 0 Å². The lowest BCUT2D eigenvalue weighted by Crippen LogP contribution is -2.09. The third kappa shape index (κ3) is 3.28. The first-order valence-corrected chi connectivity index (χ1v) is 7.30. The van der Waals surface area contributed by atoms with E-state index >= 15 is 0 Å². The van der Waals surface area contributed by atoms with E-state index in [4.69, 9.17) is 0 Å². The van der Waals surface area contributed by atoms with Crippen molar-refractivity contribution in [3.8, 4) is 11.4 Å². The number of pyridine rings is 1. The molecule has 0 aliphatic heterocycles. The largest absolute Gasteiger partial charge is 0.363 e. The predicted molar refractivity (Wildman–Crippen MR) is 88.5 cm³/mol. The maximum absolute atomic E-state index is 4.61. The fourth-order valence-electron chi connectivity index (χ4n) is 2.31. The van der Waals surface area contributed by atoms with E-state index < -0.39 is 0 Å². The lowest BCUT2D eigenvalue weighted by Gasteiger charge is -2.16. The van der Waals surface area contributed by atoms with Gasteiger partial charge in [0.25, 0.3) is 0 Å². The molecule has 2 aromatic heterocycles. The molecule has 2 heterocycles. The van der Waals surface area contributed by atoms with Crippen molar-refractivity contribution in [3.05, 3.63) is 72.2 Å². The average molecular weight is 290 g/mol. The molecule has 0 saturated carbocycles. The first kappa shape index (κ1) is 14.2.